The lowest BCUT2D eigenvalue weighted by molar-refractivity contribution is -0.143. The smallest absolute Gasteiger partial charge is 0.307 e. The van der Waals surface area contributed by atoms with Gasteiger partial charge < -0.3 is 14.4 Å². The molecular weight excluding hydrogens is 330 g/mol. The molecule has 1 fully saturated rings. The molecular formula is C18H24ClNO4. The maximum Gasteiger partial charge on any atom is 0.307 e. The van der Waals surface area contributed by atoms with E-state index in [0.29, 0.717) is 17.3 Å². The SMILES string of the molecule is COC(=O)CCN(C(=O)COc1ccc(Cl)cc1)C1CCCCC1. The van der Waals surface area contributed by atoms with Gasteiger partial charge in [-0.2, -0.15) is 0 Å². The zero-order valence-corrected chi connectivity index (χ0v) is 14.8. The van der Waals surface area contributed by atoms with Crippen LogP contribution in [0.25, 0.3) is 0 Å². The second-order valence-electron chi connectivity index (χ2n) is 5.95. The van der Waals surface area contributed by atoms with Crippen LogP contribution in [0.3, 0.4) is 0 Å². The molecule has 1 saturated carbocycles. The van der Waals surface area contributed by atoms with Crippen LogP contribution in [0.4, 0.5) is 0 Å². The number of hydrogen-bond donors (Lipinski definition) is 0. The third-order valence-electron chi connectivity index (χ3n) is 4.30. The van der Waals surface area contributed by atoms with Gasteiger partial charge in [0.1, 0.15) is 5.75 Å². The van der Waals surface area contributed by atoms with Crippen molar-refractivity contribution in [2.45, 2.75) is 44.6 Å². The number of carbonyl (C=O) groups is 2. The van der Waals surface area contributed by atoms with Gasteiger partial charge in [-0.15, -0.1) is 0 Å². The van der Waals surface area contributed by atoms with Crippen LogP contribution < -0.4 is 4.74 Å². The minimum absolute atomic E-state index is 0.0424. The fourth-order valence-corrected chi connectivity index (χ4v) is 3.10. The van der Waals surface area contributed by atoms with E-state index >= 15 is 0 Å². The van der Waals surface area contributed by atoms with Gasteiger partial charge in [-0.3, -0.25) is 9.59 Å². The first-order valence-electron chi connectivity index (χ1n) is 8.35. The second kappa shape index (κ2) is 9.52. The molecule has 132 valence electrons. The van der Waals surface area contributed by atoms with Crippen LogP contribution in [0.15, 0.2) is 24.3 Å². The molecule has 5 nitrogen and oxygen atoms in total. The predicted molar refractivity (Wildman–Crippen MR) is 92.2 cm³/mol. The zero-order valence-electron chi connectivity index (χ0n) is 14.0. The molecule has 1 aromatic carbocycles. The lowest BCUT2D eigenvalue weighted by Crippen LogP contribution is -2.44. The van der Waals surface area contributed by atoms with Crippen LogP contribution in [-0.4, -0.2) is 43.1 Å². The highest BCUT2D eigenvalue weighted by Gasteiger charge is 2.26. The van der Waals surface area contributed by atoms with Crippen molar-refractivity contribution in [3.8, 4) is 5.75 Å². The molecule has 6 heteroatoms. The van der Waals surface area contributed by atoms with E-state index in [9.17, 15) is 9.59 Å². The Kier molecular flexibility index (Phi) is 7.37. The molecule has 1 aromatic rings. The summed E-state index contributed by atoms with van der Waals surface area (Å²) < 4.78 is 10.2. The van der Waals surface area contributed by atoms with E-state index in [0.717, 1.165) is 25.7 Å². The number of methoxy groups -OCH3 is 1. The highest BCUT2D eigenvalue weighted by atomic mass is 35.5. The molecule has 0 spiro atoms. The summed E-state index contributed by atoms with van der Waals surface area (Å²) in [7, 11) is 1.36. The quantitative estimate of drug-likeness (QED) is 0.704. The summed E-state index contributed by atoms with van der Waals surface area (Å²) in [5.41, 5.74) is 0. The van der Waals surface area contributed by atoms with Gasteiger partial charge in [-0.05, 0) is 37.1 Å². The van der Waals surface area contributed by atoms with Crippen LogP contribution >= 0.6 is 11.6 Å². The molecule has 0 heterocycles. The van der Waals surface area contributed by atoms with Gasteiger partial charge in [-0.1, -0.05) is 30.9 Å². The minimum Gasteiger partial charge on any atom is -0.484 e. The van der Waals surface area contributed by atoms with E-state index < -0.39 is 0 Å². The molecule has 0 aromatic heterocycles. The molecule has 1 amide bonds. The number of benzene rings is 1. The highest BCUT2D eigenvalue weighted by Crippen LogP contribution is 2.23. The summed E-state index contributed by atoms with van der Waals surface area (Å²) in [6.45, 7) is 0.333. The third kappa shape index (κ3) is 5.71. The molecule has 1 aliphatic carbocycles. The van der Waals surface area contributed by atoms with Gasteiger partial charge in [0.05, 0.1) is 13.5 Å². The molecule has 2 rings (SSSR count). The number of hydrogen-bond acceptors (Lipinski definition) is 4. The third-order valence-corrected chi connectivity index (χ3v) is 4.55. The standard InChI is InChI=1S/C18H24ClNO4/c1-23-18(22)11-12-20(15-5-3-2-4-6-15)17(21)13-24-16-9-7-14(19)8-10-16/h7-10,15H,2-6,11-13H2,1H3. The first kappa shape index (κ1) is 18.6. The van der Waals surface area contributed by atoms with Gasteiger partial charge in [-0.25, -0.2) is 0 Å². The monoisotopic (exact) mass is 353 g/mol. The Morgan fingerprint density at radius 3 is 2.46 bits per heavy atom. The highest BCUT2D eigenvalue weighted by molar-refractivity contribution is 6.30. The van der Waals surface area contributed by atoms with Crippen molar-refractivity contribution in [2.24, 2.45) is 0 Å². The minimum atomic E-state index is -0.303. The Bertz CT molecular complexity index is 540. The Balaban J connectivity index is 1.94. The maximum absolute atomic E-state index is 12.6. The summed E-state index contributed by atoms with van der Waals surface area (Å²) in [6.07, 6.45) is 5.60. The average Bonchev–Trinajstić information content (AvgIpc) is 2.62. The summed E-state index contributed by atoms with van der Waals surface area (Å²) in [6, 6.07) is 7.09. The van der Waals surface area contributed by atoms with E-state index in [1.165, 1.54) is 13.5 Å². The molecule has 0 saturated heterocycles. The first-order chi connectivity index (χ1) is 11.6. The van der Waals surface area contributed by atoms with E-state index in [1.54, 1.807) is 29.2 Å². The number of ether oxygens (including phenoxy) is 2. The van der Waals surface area contributed by atoms with Crippen molar-refractivity contribution in [3.05, 3.63) is 29.3 Å². The molecule has 0 N–H and O–H groups in total. The van der Waals surface area contributed by atoms with Gasteiger partial charge in [0.2, 0.25) is 0 Å². The van der Waals surface area contributed by atoms with Gasteiger partial charge in [0.15, 0.2) is 6.61 Å². The molecule has 0 aliphatic heterocycles. The maximum atomic E-state index is 12.6. The van der Waals surface area contributed by atoms with Gasteiger partial charge in [0, 0.05) is 17.6 Å². The summed E-state index contributed by atoms with van der Waals surface area (Å²) in [5, 5.41) is 0.621. The second-order valence-corrected chi connectivity index (χ2v) is 6.38. The number of esters is 1. The number of carbonyl (C=O) groups excluding carboxylic acids is 2. The summed E-state index contributed by atoms with van der Waals surface area (Å²) >= 11 is 5.84. The van der Waals surface area contributed by atoms with E-state index in [1.807, 2.05) is 0 Å². The van der Waals surface area contributed by atoms with Gasteiger partial charge >= 0.3 is 5.97 Å². The largest absolute Gasteiger partial charge is 0.484 e. The fourth-order valence-electron chi connectivity index (χ4n) is 2.98. The Morgan fingerprint density at radius 2 is 1.83 bits per heavy atom. The number of nitrogens with zero attached hydrogens (tertiary/aromatic N) is 1. The molecule has 1 aliphatic rings. The van der Waals surface area contributed by atoms with Crippen LogP contribution in [0, 0.1) is 0 Å². The van der Waals surface area contributed by atoms with Crippen molar-refractivity contribution < 1.29 is 19.1 Å². The van der Waals surface area contributed by atoms with Crippen molar-refractivity contribution in [1.82, 2.24) is 4.90 Å². The average molecular weight is 354 g/mol. The Hall–Kier alpha value is -1.75. The van der Waals surface area contributed by atoms with Crippen molar-refractivity contribution in [1.29, 1.82) is 0 Å². The topological polar surface area (TPSA) is 55.8 Å². The lowest BCUT2D eigenvalue weighted by Gasteiger charge is -2.34. The van der Waals surface area contributed by atoms with E-state index in [-0.39, 0.29) is 30.9 Å². The van der Waals surface area contributed by atoms with Gasteiger partial charge in [0.25, 0.3) is 5.91 Å². The van der Waals surface area contributed by atoms with Crippen LogP contribution in [0.2, 0.25) is 5.02 Å². The number of rotatable bonds is 7. The number of amides is 1. The molecule has 0 atom stereocenters. The molecule has 0 bridgehead atoms. The van der Waals surface area contributed by atoms with Crippen LogP contribution in [0.5, 0.6) is 5.75 Å². The van der Waals surface area contributed by atoms with Crippen LogP contribution in [0.1, 0.15) is 38.5 Å². The fraction of sp³-hybridized carbons (Fsp3) is 0.556. The summed E-state index contributed by atoms with van der Waals surface area (Å²) in [4.78, 5) is 25.8. The molecule has 0 radical (unpaired) electrons. The predicted octanol–water partition coefficient (Wildman–Crippen LogP) is 3.44. The van der Waals surface area contributed by atoms with Crippen molar-refractivity contribution in [3.63, 3.8) is 0 Å². The Morgan fingerprint density at radius 1 is 1.17 bits per heavy atom. The number of halogens is 1. The Labute approximate surface area is 147 Å². The normalized spacial score (nSPS) is 14.9. The molecule has 0 unspecified atom stereocenters. The molecule has 24 heavy (non-hydrogen) atoms. The zero-order chi connectivity index (χ0) is 17.4. The van der Waals surface area contributed by atoms with Crippen molar-refractivity contribution >= 4 is 23.5 Å². The first-order valence-corrected chi connectivity index (χ1v) is 8.72. The lowest BCUT2D eigenvalue weighted by atomic mass is 9.94. The van der Waals surface area contributed by atoms with Crippen molar-refractivity contribution in [2.75, 3.05) is 20.3 Å². The summed E-state index contributed by atoms with van der Waals surface area (Å²) in [5.74, 6) is 0.201. The van der Waals surface area contributed by atoms with Crippen LogP contribution in [-0.2, 0) is 14.3 Å². The van der Waals surface area contributed by atoms with E-state index in [4.69, 9.17) is 16.3 Å². The van der Waals surface area contributed by atoms with E-state index in [2.05, 4.69) is 4.74 Å².